The van der Waals surface area contributed by atoms with Crippen molar-refractivity contribution < 1.29 is 34.0 Å². The fourth-order valence-electron chi connectivity index (χ4n) is 6.30. The van der Waals surface area contributed by atoms with Crippen molar-refractivity contribution in [2.45, 2.75) is 95.5 Å². The molecule has 1 spiro atoms. The zero-order chi connectivity index (χ0) is 25.0. The predicted octanol–water partition coefficient (Wildman–Crippen LogP) is 3.67. The molecule has 1 aromatic carbocycles. The lowest BCUT2D eigenvalue weighted by Gasteiger charge is -2.39. The van der Waals surface area contributed by atoms with E-state index in [1.54, 1.807) is 21.0 Å². The van der Waals surface area contributed by atoms with Gasteiger partial charge in [0.25, 0.3) is 0 Å². The van der Waals surface area contributed by atoms with E-state index in [1.165, 1.54) is 6.92 Å². The topological polar surface area (TPSA) is 97.7 Å². The first-order chi connectivity index (χ1) is 16.5. The molecule has 0 radical (unpaired) electrons. The Labute approximate surface area is 214 Å². The van der Waals surface area contributed by atoms with Gasteiger partial charge in [0.1, 0.15) is 5.76 Å². The number of aliphatic hydroxyl groups is 2. The van der Waals surface area contributed by atoms with E-state index >= 15 is 0 Å². The second-order valence-electron chi connectivity index (χ2n) is 11.2. The van der Waals surface area contributed by atoms with Crippen LogP contribution in [0.15, 0.2) is 24.0 Å². The Kier molecular flexibility index (Phi) is 7.09. The molecule has 0 saturated carbocycles. The minimum absolute atomic E-state index is 0. The number of ether oxygens (including phenoxy) is 4. The first-order valence-corrected chi connectivity index (χ1v) is 12.6. The zero-order valence-corrected chi connectivity index (χ0v) is 21.1. The largest absolute Gasteiger partial charge is 0.497 e. The van der Waals surface area contributed by atoms with Crippen molar-refractivity contribution in [2.75, 3.05) is 27.0 Å². The van der Waals surface area contributed by atoms with Gasteiger partial charge in [0.2, 0.25) is 6.79 Å². The molecular weight excluding hydrogens is 462 g/mol. The average molecular weight is 504 g/mol. The van der Waals surface area contributed by atoms with Crippen molar-refractivity contribution in [3.05, 3.63) is 35.1 Å². The summed E-state index contributed by atoms with van der Waals surface area (Å²) in [7, 11) is 1.61. The van der Waals surface area contributed by atoms with Crippen molar-refractivity contribution in [1.82, 2.24) is 4.90 Å². The first-order valence-electron chi connectivity index (χ1n) is 12.6. The number of nitrogens with zero attached hydrogens (tertiary/aromatic N) is 1. The van der Waals surface area contributed by atoms with Gasteiger partial charge in [0.05, 0.1) is 24.2 Å². The third-order valence-electron chi connectivity index (χ3n) is 8.09. The summed E-state index contributed by atoms with van der Waals surface area (Å²) < 4.78 is 23.3. The number of esters is 1. The summed E-state index contributed by atoms with van der Waals surface area (Å²) in [5, 5.41) is 21.0. The molecule has 0 amide bonds. The number of methoxy groups -OCH3 is 1. The summed E-state index contributed by atoms with van der Waals surface area (Å²) in [5.74, 6) is 1.23. The number of benzene rings is 1. The van der Waals surface area contributed by atoms with Gasteiger partial charge in [0.15, 0.2) is 23.2 Å². The summed E-state index contributed by atoms with van der Waals surface area (Å²) in [5.41, 5.74) is -0.593. The monoisotopic (exact) mass is 503 g/mol. The summed E-state index contributed by atoms with van der Waals surface area (Å²) >= 11 is 0. The molecule has 0 bridgehead atoms. The van der Waals surface area contributed by atoms with E-state index in [-0.39, 0.29) is 32.1 Å². The SMILES string of the molecule is C.COC1=C[C@]23CCCN2CCc2cc4c(cc2[C@@H]3C1OC(=O)C(C)(O)CCCC(C)(C)O)OCO4. The van der Waals surface area contributed by atoms with Crippen LogP contribution in [0.25, 0.3) is 0 Å². The van der Waals surface area contributed by atoms with Crippen LogP contribution in [0.3, 0.4) is 0 Å². The van der Waals surface area contributed by atoms with Gasteiger partial charge in [-0.3, -0.25) is 4.90 Å². The summed E-state index contributed by atoms with van der Waals surface area (Å²) in [6.45, 7) is 6.99. The summed E-state index contributed by atoms with van der Waals surface area (Å²) in [4.78, 5) is 15.8. The third kappa shape index (κ3) is 4.59. The molecule has 4 aliphatic rings. The fourth-order valence-corrected chi connectivity index (χ4v) is 6.30. The minimum Gasteiger partial charge on any atom is -0.497 e. The van der Waals surface area contributed by atoms with E-state index in [9.17, 15) is 15.0 Å². The molecule has 0 aromatic heterocycles. The minimum atomic E-state index is -1.67. The van der Waals surface area contributed by atoms with E-state index < -0.39 is 23.3 Å². The lowest BCUT2D eigenvalue weighted by molar-refractivity contribution is -0.171. The van der Waals surface area contributed by atoms with Crippen LogP contribution in [0.1, 0.15) is 77.3 Å². The number of hydrogen-bond donors (Lipinski definition) is 2. The molecule has 3 aliphatic heterocycles. The maximum atomic E-state index is 13.3. The third-order valence-corrected chi connectivity index (χ3v) is 8.09. The Morgan fingerprint density at radius 3 is 2.58 bits per heavy atom. The predicted molar refractivity (Wildman–Crippen MR) is 135 cm³/mol. The molecule has 3 heterocycles. The molecule has 1 fully saturated rings. The van der Waals surface area contributed by atoms with Gasteiger partial charge < -0.3 is 29.2 Å². The number of rotatable bonds is 7. The van der Waals surface area contributed by atoms with Crippen LogP contribution in [-0.2, 0) is 20.7 Å². The van der Waals surface area contributed by atoms with Crippen molar-refractivity contribution in [3.63, 3.8) is 0 Å². The second-order valence-corrected chi connectivity index (χ2v) is 11.2. The molecule has 8 nitrogen and oxygen atoms in total. The van der Waals surface area contributed by atoms with Gasteiger partial charge in [-0.05, 0) is 95.2 Å². The lowest BCUT2D eigenvalue weighted by Crippen LogP contribution is -2.48. The highest BCUT2D eigenvalue weighted by molar-refractivity contribution is 5.79. The van der Waals surface area contributed by atoms with E-state index in [1.807, 2.05) is 6.07 Å². The highest BCUT2D eigenvalue weighted by atomic mass is 16.7. The van der Waals surface area contributed by atoms with Crippen LogP contribution in [0, 0.1) is 0 Å². The average Bonchev–Trinajstić information content (AvgIpc) is 3.46. The smallest absolute Gasteiger partial charge is 0.338 e. The van der Waals surface area contributed by atoms with E-state index in [2.05, 4.69) is 17.0 Å². The van der Waals surface area contributed by atoms with Gasteiger partial charge >= 0.3 is 5.97 Å². The molecule has 1 aliphatic carbocycles. The Bertz CT molecular complexity index is 1030. The van der Waals surface area contributed by atoms with Crippen LogP contribution in [-0.4, -0.2) is 70.9 Å². The van der Waals surface area contributed by atoms with Crippen LogP contribution in [0.2, 0.25) is 0 Å². The molecule has 200 valence electrons. The number of carbonyl (C=O) groups is 1. The van der Waals surface area contributed by atoms with Gasteiger partial charge in [0, 0.05) is 6.54 Å². The molecular formula is C28H41NO7. The van der Waals surface area contributed by atoms with Crippen molar-refractivity contribution in [1.29, 1.82) is 0 Å². The van der Waals surface area contributed by atoms with E-state index in [0.29, 0.717) is 24.4 Å². The molecule has 8 heteroatoms. The molecule has 4 atom stereocenters. The van der Waals surface area contributed by atoms with Gasteiger partial charge in [-0.25, -0.2) is 4.79 Å². The number of carbonyl (C=O) groups excluding carboxylic acids is 1. The van der Waals surface area contributed by atoms with Crippen LogP contribution >= 0.6 is 0 Å². The van der Waals surface area contributed by atoms with Gasteiger partial charge in [-0.1, -0.05) is 7.43 Å². The maximum Gasteiger partial charge on any atom is 0.338 e. The second kappa shape index (κ2) is 9.54. The van der Waals surface area contributed by atoms with Gasteiger partial charge in [-0.15, -0.1) is 0 Å². The highest BCUT2D eigenvalue weighted by Crippen LogP contribution is 2.55. The number of fused-ring (bicyclic) bond motifs is 3. The van der Waals surface area contributed by atoms with Crippen LogP contribution in [0.5, 0.6) is 11.5 Å². The molecule has 2 unspecified atom stereocenters. The fraction of sp³-hybridized carbons (Fsp3) is 0.679. The van der Waals surface area contributed by atoms with Crippen molar-refractivity contribution in [3.8, 4) is 11.5 Å². The van der Waals surface area contributed by atoms with Crippen LogP contribution in [0.4, 0.5) is 0 Å². The van der Waals surface area contributed by atoms with Crippen LogP contribution < -0.4 is 9.47 Å². The van der Waals surface area contributed by atoms with E-state index in [0.717, 1.165) is 49.2 Å². The molecule has 1 aromatic rings. The zero-order valence-electron chi connectivity index (χ0n) is 21.1. The summed E-state index contributed by atoms with van der Waals surface area (Å²) in [6, 6.07) is 4.10. The maximum absolute atomic E-state index is 13.3. The molecule has 36 heavy (non-hydrogen) atoms. The molecule has 1 saturated heterocycles. The van der Waals surface area contributed by atoms with Crippen molar-refractivity contribution in [2.24, 2.45) is 0 Å². The normalized spacial score (nSPS) is 28.1. The Morgan fingerprint density at radius 1 is 1.17 bits per heavy atom. The number of hydrogen-bond acceptors (Lipinski definition) is 8. The molecule has 2 N–H and O–H groups in total. The highest BCUT2D eigenvalue weighted by Gasteiger charge is 2.58. The standard InChI is InChI=1S/C27H37NO7.CH4/c1-25(2,30)8-5-9-26(3,31)24(29)35-23-21(32-4)15-27-10-6-11-28(27)12-7-17-13-19-20(34-16-33-19)14-18(17)22(23)27;/h13-15,22-23,30-31H,5-12,16H2,1-4H3;1H4/t22-,23?,26?,27+;/m1./s1. The Balaban J connectivity index is 0.00000304. The van der Waals surface area contributed by atoms with Crippen molar-refractivity contribution >= 4 is 5.97 Å². The summed E-state index contributed by atoms with van der Waals surface area (Å²) in [6.07, 6.45) is 5.52. The molecule has 5 rings (SSSR count). The Morgan fingerprint density at radius 2 is 1.89 bits per heavy atom. The quantitative estimate of drug-likeness (QED) is 0.544. The first kappa shape index (κ1) is 26.8. The Hall–Kier alpha value is -2.29. The van der Waals surface area contributed by atoms with Gasteiger partial charge in [-0.2, -0.15) is 0 Å². The lowest BCUT2D eigenvalue weighted by atomic mass is 9.77. The van der Waals surface area contributed by atoms with E-state index in [4.69, 9.17) is 18.9 Å².